The van der Waals surface area contributed by atoms with Crippen LogP contribution < -0.4 is 10.6 Å². The van der Waals surface area contributed by atoms with Gasteiger partial charge in [0.2, 0.25) is 5.91 Å². The largest absolute Gasteiger partial charge is 0.465 e. The third kappa shape index (κ3) is 3.84. The van der Waals surface area contributed by atoms with Crippen LogP contribution in [0.3, 0.4) is 0 Å². The maximum absolute atomic E-state index is 14.1. The minimum atomic E-state index is -0.649. The summed E-state index contributed by atoms with van der Waals surface area (Å²) in [6.45, 7) is 2.20. The van der Waals surface area contributed by atoms with Gasteiger partial charge in [0.25, 0.3) is 0 Å². The molecule has 7 heteroatoms. The number of esters is 1. The summed E-state index contributed by atoms with van der Waals surface area (Å²) in [4.78, 5) is 26.4. The predicted octanol–water partition coefficient (Wildman–Crippen LogP) is 1.11. The summed E-state index contributed by atoms with van der Waals surface area (Å²) >= 11 is 0. The van der Waals surface area contributed by atoms with Gasteiger partial charge in [-0.3, -0.25) is 4.79 Å². The number of nitrogens with zero attached hydrogens (tertiary/aromatic N) is 2. The Balaban J connectivity index is 3.20. The summed E-state index contributed by atoms with van der Waals surface area (Å²) < 4.78 is 18.7. The molecule has 1 aromatic rings. The Morgan fingerprint density at radius 1 is 1.33 bits per heavy atom. The van der Waals surface area contributed by atoms with E-state index in [4.69, 9.17) is 5.73 Å². The fraction of sp³-hybridized carbons (Fsp3) is 0.429. The Kier molecular flexibility index (Phi) is 5.52. The molecule has 2 N–H and O–H groups in total. The normalized spacial score (nSPS) is 10.1. The van der Waals surface area contributed by atoms with Gasteiger partial charge < -0.3 is 20.3 Å². The van der Waals surface area contributed by atoms with Gasteiger partial charge in [-0.1, -0.05) is 0 Å². The van der Waals surface area contributed by atoms with Gasteiger partial charge in [-0.25, -0.2) is 9.18 Å². The van der Waals surface area contributed by atoms with Crippen LogP contribution in [0.4, 0.5) is 15.8 Å². The Hall–Kier alpha value is -2.31. The van der Waals surface area contributed by atoms with Crippen molar-refractivity contribution in [1.29, 1.82) is 0 Å². The lowest BCUT2D eigenvalue weighted by Gasteiger charge is -2.25. The van der Waals surface area contributed by atoms with Crippen LogP contribution in [0.15, 0.2) is 12.1 Å². The molecule has 0 aliphatic carbocycles. The van der Waals surface area contributed by atoms with Crippen molar-refractivity contribution in [1.82, 2.24) is 4.90 Å². The standard InChI is InChI=1S/C14H20FN3O3/c1-5-18(8-13(19)17(2)3)12-6-9(14(20)21-4)11(16)7-10(12)15/h6-7H,5,8,16H2,1-4H3. The summed E-state index contributed by atoms with van der Waals surface area (Å²) in [5.74, 6) is -1.41. The van der Waals surface area contributed by atoms with Crippen LogP contribution in [0.1, 0.15) is 17.3 Å². The van der Waals surface area contributed by atoms with Crippen LogP contribution >= 0.6 is 0 Å². The molecule has 1 aromatic carbocycles. The molecule has 0 aliphatic rings. The summed E-state index contributed by atoms with van der Waals surface area (Å²) in [6, 6.07) is 2.37. The second-order valence-corrected chi connectivity index (χ2v) is 4.68. The van der Waals surface area contributed by atoms with Crippen molar-refractivity contribution in [3.63, 3.8) is 0 Å². The molecule has 6 nitrogen and oxygen atoms in total. The third-order valence-corrected chi connectivity index (χ3v) is 3.07. The molecule has 116 valence electrons. The average molecular weight is 297 g/mol. The zero-order chi connectivity index (χ0) is 16.2. The fourth-order valence-corrected chi connectivity index (χ4v) is 1.78. The number of likely N-dealkylation sites (N-methyl/N-ethyl adjacent to an activating group) is 2. The van der Waals surface area contributed by atoms with E-state index in [9.17, 15) is 14.0 Å². The highest BCUT2D eigenvalue weighted by atomic mass is 19.1. The zero-order valence-electron chi connectivity index (χ0n) is 12.6. The second kappa shape index (κ2) is 6.92. The number of amides is 1. The minimum Gasteiger partial charge on any atom is -0.465 e. The van der Waals surface area contributed by atoms with E-state index in [-0.39, 0.29) is 29.4 Å². The molecule has 0 saturated heterocycles. The molecule has 0 aromatic heterocycles. The molecule has 1 rings (SSSR count). The van der Waals surface area contributed by atoms with Crippen molar-refractivity contribution >= 4 is 23.3 Å². The van der Waals surface area contributed by atoms with Gasteiger partial charge in [-0.15, -0.1) is 0 Å². The Bertz CT molecular complexity index is 547. The summed E-state index contributed by atoms with van der Waals surface area (Å²) in [6.07, 6.45) is 0. The van der Waals surface area contributed by atoms with Crippen molar-refractivity contribution < 1.29 is 18.7 Å². The minimum absolute atomic E-state index is 0.00177. The van der Waals surface area contributed by atoms with E-state index < -0.39 is 11.8 Å². The number of nitrogens with two attached hydrogens (primary N) is 1. The lowest BCUT2D eigenvalue weighted by atomic mass is 10.1. The molecular formula is C14H20FN3O3. The maximum Gasteiger partial charge on any atom is 0.340 e. The monoisotopic (exact) mass is 297 g/mol. The number of benzene rings is 1. The first kappa shape index (κ1) is 16.7. The number of carbonyl (C=O) groups is 2. The molecule has 0 unspecified atom stereocenters. The average Bonchev–Trinajstić information content (AvgIpc) is 2.44. The van der Waals surface area contributed by atoms with Crippen LogP contribution in [0.5, 0.6) is 0 Å². The van der Waals surface area contributed by atoms with Gasteiger partial charge in [-0.2, -0.15) is 0 Å². The van der Waals surface area contributed by atoms with E-state index in [1.54, 1.807) is 21.0 Å². The molecule has 0 fully saturated rings. The highest BCUT2D eigenvalue weighted by molar-refractivity contribution is 5.96. The van der Waals surface area contributed by atoms with E-state index in [1.165, 1.54) is 23.0 Å². The van der Waals surface area contributed by atoms with Gasteiger partial charge in [0.05, 0.1) is 24.9 Å². The number of ether oxygens (including phenoxy) is 1. The number of anilines is 2. The molecule has 1 amide bonds. The molecule has 0 radical (unpaired) electrons. The quantitative estimate of drug-likeness (QED) is 0.651. The van der Waals surface area contributed by atoms with Crippen LogP contribution in [0, 0.1) is 5.82 Å². The van der Waals surface area contributed by atoms with Gasteiger partial charge in [0.15, 0.2) is 0 Å². The number of nitrogen functional groups attached to an aromatic ring is 1. The molecule has 0 spiro atoms. The van der Waals surface area contributed by atoms with E-state index in [2.05, 4.69) is 4.74 Å². The molecule has 0 atom stereocenters. The number of methoxy groups -OCH3 is 1. The second-order valence-electron chi connectivity index (χ2n) is 4.68. The fourth-order valence-electron chi connectivity index (χ4n) is 1.78. The predicted molar refractivity (Wildman–Crippen MR) is 78.7 cm³/mol. The number of hydrogen-bond acceptors (Lipinski definition) is 5. The smallest absolute Gasteiger partial charge is 0.340 e. The Morgan fingerprint density at radius 2 is 1.95 bits per heavy atom. The van der Waals surface area contributed by atoms with Crippen molar-refractivity contribution in [3.8, 4) is 0 Å². The van der Waals surface area contributed by atoms with Crippen LogP contribution in [0.2, 0.25) is 0 Å². The van der Waals surface area contributed by atoms with E-state index in [0.717, 1.165) is 6.07 Å². The molecular weight excluding hydrogens is 277 g/mol. The number of carbonyl (C=O) groups excluding carboxylic acids is 2. The molecule has 0 saturated carbocycles. The molecule has 0 bridgehead atoms. The first-order valence-corrected chi connectivity index (χ1v) is 6.44. The topological polar surface area (TPSA) is 75.9 Å². The molecule has 21 heavy (non-hydrogen) atoms. The summed E-state index contributed by atoms with van der Waals surface area (Å²) in [7, 11) is 4.46. The first-order chi connectivity index (χ1) is 9.81. The lowest BCUT2D eigenvalue weighted by Crippen LogP contribution is -2.37. The van der Waals surface area contributed by atoms with Gasteiger partial charge >= 0.3 is 5.97 Å². The van der Waals surface area contributed by atoms with E-state index in [1.807, 2.05) is 0 Å². The highest BCUT2D eigenvalue weighted by Crippen LogP contribution is 2.26. The number of rotatable bonds is 5. The summed E-state index contributed by atoms with van der Waals surface area (Å²) in [5, 5.41) is 0. The van der Waals surface area contributed by atoms with E-state index >= 15 is 0 Å². The molecule has 0 aliphatic heterocycles. The lowest BCUT2D eigenvalue weighted by molar-refractivity contribution is -0.127. The first-order valence-electron chi connectivity index (χ1n) is 6.44. The van der Waals surface area contributed by atoms with Crippen molar-refractivity contribution in [2.24, 2.45) is 0 Å². The van der Waals surface area contributed by atoms with E-state index in [0.29, 0.717) is 6.54 Å². The third-order valence-electron chi connectivity index (χ3n) is 3.07. The van der Waals surface area contributed by atoms with Crippen LogP contribution in [-0.2, 0) is 9.53 Å². The maximum atomic E-state index is 14.1. The van der Waals surface area contributed by atoms with Crippen LogP contribution in [0.25, 0.3) is 0 Å². The van der Waals surface area contributed by atoms with Crippen molar-refractivity contribution in [2.45, 2.75) is 6.92 Å². The van der Waals surface area contributed by atoms with Crippen molar-refractivity contribution in [2.75, 3.05) is 44.9 Å². The van der Waals surface area contributed by atoms with Gasteiger partial charge in [0.1, 0.15) is 5.82 Å². The van der Waals surface area contributed by atoms with Crippen molar-refractivity contribution in [3.05, 3.63) is 23.5 Å². The SMILES string of the molecule is CCN(CC(=O)N(C)C)c1cc(C(=O)OC)c(N)cc1F. The highest BCUT2D eigenvalue weighted by Gasteiger charge is 2.20. The summed E-state index contributed by atoms with van der Waals surface area (Å²) in [5.41, 5.74) is 5.84. The molecule has 0 heterocycles. The van der Waals surface area contributed by atoms with Gasteiger partial charge in [0, 0.05) is 26.3 Å². The number of halogens is 1. The Labute approximate surface area is 123 Å². The van der Waals surface area contributed by atoms with Gasteiger partial charge in [-0.05, 0) is 19.1 Å². The number of hydrogen-bond donors (Lipinski definition) is 1. The Morgan fingerprint density at radius 3 is 2.43 bits per heavy atom. The van der Waals surface area contributed by atoms with Crippen LogP contribution in [-0.4, -0.2) is 51.1 Å². The zero-order valence-corrected chi connectivity index (χ0v) is 12.6.